The molecule has 1 N–H and O–H groups in total. The molecule has 0 aromatic heterocycles. The van der Waals surface area contributed by atoms with Crippen molar-refractivity contribution in [3.05, 3.63) is 11.8 Å². The topological polar surface area (TPSA) is 59.0 Å². The number of allylic oxidation sites excluding steroid dienone is 1. The van der Waals surface area contributed by atoms with E-state index in [4.69, 9.17) is 14.6 Å². The number of aliphatic hydroxyl groups is 1. The van der Waals surface area contributed by atoms with Crippen LogP contribution in [0.4, 0.5) is 0 Å². The van der Waals surface area contributed by atoms with Crippen molar-refractivity contribution in [2.24, 2.45) is 17.8 Å². The van der Waals surface area contributed by atoms with Crippen LogP contribution in [0.2, 0.25) is 0 Å². The van der Waals surface area contributed by atoms with Gasteiger partial charge >= 0.3 is 0 Å². The molecule has 1 aliphatic carbocycles. The van der Waals surface area contributed by atoms with Crippen LogP contribution in [-0.4, -0.2) is 49.5 Å². The van der Waals surface area contributed by atoms with Gasteiger partial charge in [-0.25, -0.2) is 0 Å². The van der Waals surface area contributed by atoms with Gasteiger partial charge in [-0.3, -0.25) is 4.79 Å². The van der Waals surface area contributed by atoms with E-state index in [1.807, 2.05) is 13.0 Å². The summed E-state index contributed by atoms with van der Waals surface area (Å²) in [6, 6.07) is 0. The van der Waals surface area contributed by atoms with Crippen molar-refractivity contribution in [3.63, 3.8) is 0 Å². The second-order valence-corrected chi connectivity index (χ2v) is 6.12. The van der Waals surface area contributed by atoms with Crippen molar-refractivity contribution >= 4 is 5.91 Å². The Balaban J connectivity index is 2.20. The first-order valence-electron chi connectivity index (χ1n) is 7.91. The number of hydrogen-bond acceptors (Lipinski definition) is 4. The summed E-state index contributed by atoms with van der Waals surface area (Å²) in [7, 11) is 3.46. The summed E-state index contributed by atoms with van der Waals surface area (Å²) >= 11 is 0. The van der Waals surface area contributed by atoms with Crippen LogP contribution in [0.25, 0.3) is 0 Å². The molecule has 3 atom stereocenters. The van der Waals surface area contributed by atoms with Gasteiger partial charge in [0.25, 0.3) is 5.91 Å². The van der Waals surface area contributed by atoms with E-state index in [0.29, 0.717) is 24.2 Å². The fourth-order valence-electron chi connectivity index (χ4n) is 3.02. The third-order valence-electron chi connectivity index (χ3n) is 4.24. The van der Waals surface area contributed by atoms with Crippen LogP contribution < -0.4 is 0 Å². The van der Waals surface area contributed by atoms with Gasteiger partial charge in [-0.05, 0) is 50.5 Å². The standard InChI is InChI=1S/C16H27NO4/c1-4-20-16-12(6-5-9-18)13(11-7-8-11)10-14(21-16)15(19)17(2)3/h10-13,16,18H,4-9H2,1-3H3/t12-,13-,16-/m1/s1. The Bertz CT molecular complexity index is 390. The van der Waals surface area contributed by atoms with Crippen LogP contribution in [0.1, 0.15) is 32.6 Å². The van der Waals surface area contributed by atoms with E-state index in [9.17, 15) is 4.79 Å². The lowest BCUT2D eigenvalue weighted by molar-refractivity contribution is -0.176. The molecule has 1 aliphatic heterocycles. The molecule has 2 aliphatic rings. The minimum absolute atomic E-state index is 0.106. The maximum Gasteiger partial charge on any atom is 0.288 e. The first-order valence-corrected chi connectivity index (χ1v) is 7.91. The normalized spacial score (nSPS) is 28.8. The minimum atomic E-state index is -0.379. The fourth-order valence-corrected chi connectivity index (χ4v) is 3.02. The Labute approximate surface area is 126 Å². The number of carbonyl (C=O) groups excluding carboxylic acids is 1. The van der Waals surface area contributed by atoms with E-state index in [0.717, 1.165) is 12.8 Å². The minimum Gasteiger partial charge on any atom is -0.459 e. The molecule has 5 nitrogen and oxygen atoms in total. The second-order valence-electron chi connectivity index (χ2n) is 6.12. The molecule has 0 unspecified atom stereocenters. The SMILES string of the molecule is CCO[C@@H]1OC(C(=O)N(C)C)=C[C@H](C2CC2)[C@H]1CCCO. The molecule has 0 saturated heterocycles. The number of rotatable bonds is 7. The largest absolute Gasteiger partial charge is 0.459 e. The second kappa shape index (κ2) is 7.27. The van der Waals surface area contributed by atoms with Crippen LogP contribution in [-0.2, 0) is 14.3 Å². The quantitative estimate of drug-likeness (QED) is 0.778. The zero-order valence-electron chi connectivity index (χ0n) is 13.2. The van der Waals surface area contributed by atoms with Crippen LogP contribution in [0.3, 0.4) is 0 Å². The van der Waals surface area contributed by atoms with E-state index < -0.39 is 0 Å². The molecular weight excluding hydrogens is 270 g/mol. The molecule has 1 fully saturated rings. The van der Waals surface area contributed by atoms with Crippen molar-refractivity contribution < 1.29 is 19.4 Å². The van der Waals surface area contributed by atoms with Crippen LogP contribution in [0, 0.1) is 17.8 Å². The highest BCUT2D eigenvalue weighted by Gasteiger charge is 2.44. The molecular formula is C16H27NO4. The summed E-state index contributed by atoms with van der Waals surface area (Å²) in [6.45, 7) is 2.67. The predicted octanol–water partition coefficient (Wildman–Crippen LogP) is 1.77. The van der Waals surface area contributed by atoms with E-state index in [1.165, 1.54) is 17.7 Å². The number of carbonyl (C=O) groups is 1. The Morgan fingerprint density at radius 1 is 1.48 bits per heavy atom. The van der Waals surface area contributed by atoms with Gasteiger partial charge in [0, 0.05) is 33.2 Å². The summed E-state index contributed by atoms with van der Waals surface area (Å²) in [6.07, 6.45) is 5.64. The molecule has 21 heavy (non-hydrogen) atoms. The monoisotopic (exact) mass is 297 g/mol. The molecule has 120 valence electrons. The lowest BCUT2D eigenvalue weighted by atomic mass is 9.82. The van der Waals surface area contributed by atoms with Crippen molar-refractivity contribution in [3.8, 4) is 0 Å². The fraction of sp³-hybridized carbons (Fsp3) is 0.812. The highest BCUT2D eigenvalue weighted by atomic mass is 16.7. The Morgan fingerprint density at radius 2 is 2.19 bits per heavy atom. The molecule has 1 saturated carbocycles. The van der Waals surface area contributed by atoms with Gasteiger partial charge in [0.1, 0.15) is 0 Å². The van der Waals surface area contributed by atoms with Gasteiger partial charge < -0.3 is 19.5 Å². The molecule has 0 aromatic carbocycles. The molecule has 1 heterocycles. The van der Waals surface area contributed by atoms with Crippen LogP contribution in [0.15, 0.2) is 11.8 Å². The van der Waals surface area contributed by atoms with E-state index in [-0.39, 0.29) is 24.7 Å². The third-order valence-corrected chi connectivity index (χ3v) is 4.24. The number of amides is 1. The smallest absolute Gasteiger partial charge is 0.288 e. The molecule has 5 heteroatoms. The highest BCUT2D eigenvalue weighted by molar-refractivity contribution is 5.91. The number of nitrogens with zero attached hydrogens (tertiary/aromatic N) is 1. The maximum atomic E-state index is 12.2. The summed E-state index contributed by atoms with van der Waals surface area (Å²) < 4.78 is 11.6. The molecule has 2 rings (SSSR count). The number of ether oxygens (including phenoxy) is 2. The number of aliphatic hydroxyl groups excluding tert-OH is 1. The van der Waals surface area contributed by atoms with E-state index in [1.54, 1.807) is 14.1 Å². The van der Waals surface area contributed by atoms with Gasteiger partial charge in [-0.15, -0.1) is 0 Å². The third kappa shape index (κ3) is 3.98. The average molecular weight is 297 g/mol. The van der Waals surface area contributed by atoms with Crippen molar-refractivity contribution in [2.75, 3.05) is 27.3 Å². The highest BCUT2D eigenvalue weighted by Crippen LogP contribution is 2.47. The van der Waals surface area contributed by atoms with Crippen molar-refractivity contribution in [1.29, 1.82) is 0 Å². The predicted molar refractivity (Wildman–Crippen MR) is 79.3 cm³/mol. The lowest BCUT2D eigenvalue weighted by Gasteiger charge is -2.37. The Kier molecular flexibility index (Phi) is 5.65. The average Bonchev–Trinajstić information content (AvgIpc) is 3.29. The molecule has 1 amide bonds. The lowest BCUT2D eigenvalue weighted by Crippen LogP contribution is -2.40. The van der Waals surface area contributed by atoms with Crippen LogP contribution in [0.5, 0.6) is 0 Å². The number of likely N-dealkylation sites (N-methyl/N-ethyl adjacent to an activating group) is 1. The van der Waals surface area contributed by atoms with Gasteiger partial charge in [0.2, 0.25) is 6.29 Å². The number of hydrogen-bond donors (Lipinski definition) is 1. The molecule has 0 radical (unpaired) electrons. The van der Waals surface area contributed by atoms with E-state index >= 15 is 0 Å². The van der Waals surface area contributed by atoms with Gasteiger partial charge in [-0.1, -0.05) is 0 Å². The molecule has 0 aromatic rings. The summed E-state index contributed by atoms with van der Waals surface area (Å²) in [5.41, 5.74) is 0. The van der Waals surface area contributed by atoms with Crippen molar-refractivity contribution in [2.45, 2.75) is 38.9 Å². The summed E-state index contributed by atoms with van der Waals surface area (Å²) in [5.74, 6) is 1.48. The Morgan fingerprint density at radius 3 is 2.71 bits per heavy atom. The maximum absolute atomic E-state index is 12.2. The summed E-state index contributed by atoms with van der Waals surface area (Å²) in [5, 5.41) is 9.11. The first kappa shape index (κ1) is 16.3. The first-order chi connectivity index (χ1) is 10.1. The Hall–Kier alpha value is -1.07. The zero-order chi connectivity index (χ0) is 15.4. The van der Waals surface area contributed by atoms with Gasteiger partial charge in [0.15, 0.2) is 5.76 Å². The zero-order valence-corrected chi connectivity index (χ0v) is 13.2. The van der Waals surface area contributed by atoms with Gasteiger partial charge in [-0.2, -0.15) is 0 Å². The summed E-state index contributed by atoms with van der Waals surface area (Å²) in [4.78, 5) is 13.7. The molecule has 0 bridgehead atoms. The van der Waals surface area contributed by atoms with Crippen molar-refractivity contribution in [1.82, 2.24) is 4.90 Å². The van der Waals surface area contributed by atoms with E-state index in [2.05, 4.69) is 0 Å². The molecule has 0 spiro atoms. The van der Waals surface area contributed by atoms with Crippen LogP contribution >= 0.6 is 0 Å². The van der Waals surface area contributed by atoms with Gasteiger partial charge in [0.05, 0.1) is 0 Å².